The third-order valence-corrected chi connectivity index (χ3v) is 5.36. The molecule has 2 amide bonds. The van der Waals surface area contributed by atoms with Gasteiger partial charge in [0.15, 0.2) is 23.3 Å². The summed E-state index contributed by atoms with van der Waals surface area (Å²) in [6, 6.07) is 2.92. The molecule has 6 nitrogen and oxygen atoms in total. The van der Waals surface area contributed by atoms with Gasteiger partial charge in [0, 0.05) is 42.5 Å². The molecule has 0 bridgehead atoms. The molecule has 2 aliphatic heterocycles. The summed E-state index contributed by atoms with van der Waals surface area (Å²) >= 11 is 0. The van der Waals surface area contributed by atoms with Crippen LogP contribution in [0.25, 0.3) is 0 Å². The highest BCUT2D eigenvalue weighted by Gasteiger charge is 2.44. The maximum atomic E-state index is 13.5. The Morgan fingerprint density at radius 3 is 1.79 bits per heavy atom. The van der Waals surface area contributed by atoms with E-state index in [2.05, 4.69) is 10.6 Å². The highest BCUT2D eigenvalue weighted by Crippen LogP contribution is 2.33. The summed E-state index contributed by atoms with van der Waals surface area (Å²) in [7, 11) is 0. The molecule has 0 saturated carbocycles. The van der Waals surface area contributed by atoms with E-state index in [0.29, 0.717) is 12.1 Å². The summed E-state index contributed by atoms with van der Waals surface area (Å²) < 4.78 is 79.5. The smallest absolute Gasteiger partial charge is 0.316 e. The number of carboxylic acid groups (broad SMARTS) is 1. The van der Waals surface area contributed by atoms with Crippen LogP contribution in [0, 0.1) is 40.8 Å². The molecule has 0 aromatic heterocycles. The SMILES string of the molecule is C.O=C(O)C1C(=O)NC[C@H]1c1c(F)ccc(F)c1F.O=C1C[C@H](c2c(F)ccc(F)c2F)CN1. The molecule has 3 N–H and O–H groups in total. The minimum atomic E-state index is -1.62. The Labute approximate surface area is 190 Å². The fourth-order valence-electron chi connectivity index (χ4n) is 3.78. The summed E-state index contributed by atoms with van der Waals surface area (Å²) in [5, 5.41) is 13.5. The van der Waals surface area contributed by atoms with Gasteiger partial charge in [-0.2, -0.15) is 0 Å². The molecule has 0 aliphatic carbocycles. The normalized spacial score (nSPS) is 21.2. The molecule has 1 unspecified atom stereocenters. The Kier molecular flexibility index (Phi) is 8.30. The molecular weight excluding hydrogens is 470 g/mol. The molecule has 2 fully saturated rings. The van der Waals surface area contributed by atoms with Gasteiger partial charge in [-0.05, 0) is 24.3 Å². The first-order valence-electron chi connectivity index (χ1n) is 9.56. The lowest BCUT2D eigenvalue weighted by atomic mass is 9.88. The summed E-state index contributed by atoms with van der Waals surface area (Å²) in [6.07, 6.45) is -0.00269. The van der Waals surface area contributed by atoms with Crippen LogP contribution >= 0.6 is 0 Å². The summed E-state index contributed by atoms with van der Waals surface area (Å²) in [4.78, 5) is 33.1. The van der Waals surface area contributed by atoms with Crippen LogP contribution in [-0.2, 0) is 14.4 Å². The number of amides is 2. The molecule has 4 rings (SSSR count). The number of nitrogens with one attached hydrogen (secondary N) is 2. The molecule has 184 valence electrons. The maximum absolute atomic E-state index is 13.5. The van der Waals surface area contributed by atoms with Gasteiger partial charge < -0.3 is 15.7 Å². The van der Waals surface area contributed by atoms with E-state index < -0.39 is 70.1 Å². The van der Waals surface area contributed by atoms with E-state index in [1.165, 1.54) is 0 Å². The van der Waals surface area contributed by atoms with Crippen LogP contribution in [0.2, 0.25) is 0 Å². The molecule has 12 heteroatoms. The van der Waals surface area contributed by atoms with Crippen LogP contribution in [0.15, 0.2) is 24.3 Å². The van der Waals surface area contributed by atoms with E-state index in [-0.39, 0.29) is 38.4 Å². The Morgan fingerprint density at radius 2 is 1.29 bits per heavy atom. The summed E-state index contributed by atoms with van der Waals surface area (Å²) in [5.41, 5.74) is -1.05. The lowest BCUT2D eigenvalue weighted by Crippen LogP contribution is -2.27. The number of carbonyl (C=O) groups is 3. The van der Waals surface area contributed by atoms with Crippen molar-refractivity contribution in [1.29, 1.82) is 0 Å². The van der Waals surface area contributed by atoms with E-state index in [0.717, 1.165) is 12.1 Å². The molecule has 0 spiro atoms. The quantitative estimate of drug-likeness (QED) is 0.349. The lowest BCUT2D eigenvalue weighted by Gasteiger charge is -2.15. The third-order valence-electron chi connectivity index (χ3n) is 5.36. The largest absolute Gasteiger partial charge is 0.481 e. The van der Waals surface area contributed by atoms with Crippen molar-refractivity contribution >= 4 is 17.8 Å². The van der Waals surface area contributed by atoms with Crippen molar-refractivity contribution in [3.8, 4) is 0 Å². The Hall–Kier alpha value is -3.57. The summed E-state index contributed by atoms with van der Waals surface area (Å²) in [5.74, 6) is -13.0. The highest BCUT2D eigenvalue weighted by molar-refractivity contribution is 5.99. The maximum Gasteiger partial charge on any atom is 0.316 e. The fourth-order valence-corrected chi connectivity index (χ4v) is 3.78. The molecule has 0 radical (unpaired) electrons. The van der Waals surface area contributed by atoms with E-state index >= 15 is 0 Å². The van der Waals surface area contributed by atoms with Crippen molar-refractivity contribution in [3.63, 3.8) is 0 Å². The molecule has 2 aliphatic rings. The number of rotatable bonds is 3. The first-order valence-corrected chi connectivity index (χ1v) is 9.56. The third kappa shape index (κ3) is 5.15. The zero-order valence-electron chi connectivity index (χ0n) is 16.6. The standard InChI is InChI=1S/C11H8F3NO3.C10H8F3NO.CH4/c12-5-1-2-6(13)9(14)7(5)4-3-15-10(16)8(4)11(17)18;11-6-1-2-7(12)10(13)9(6)5-3-8(15)14-4-5;/h1-2,4,8H,3H2,(H,15,16)(H,17,18);1-2,5H,3-4H2,(H,14,15);1H4/t4-,8?;5-;/m00./s1. The van der Waals surface area contributed by atoms with E-state index in [1.807, 2.05) is 0 Å². The zero-order chi connectivity index (χ0) is 24.4. The minimum Gasteiger partial charge on any atom is -0.481 e. The van der Waals surface area contributed by atoms with Crippen molar-refractivity contribution in [3.05, 3.63) is 70.3 Å². The van der Waals surface area contributed by atoms with Crippen LogP contribution in [0.5, 0.6) is 0 Å². The number of carbonyl (C=O) groups excluding carboxylic acids is 2. The van der Waals surface area contributed by atoms with Gasteiger partial charge in [0.1, 0.15) is 17.6 Å². The number of halogens is 6. The van der Waals surface area contributed by atoms with Crippen LogP contribution in [0.4, 0.5) is 26.3 Å². The lowest BCUT2D eigenvalue weighted by molar-refractivity contribution is -0.145. The number of hydrogen-bond acceptors (Lipinski definition) is 3. The average molecular weight is 490 g/mol. The van der Waals surface area contributed by atoms with Gasteiger partial charge in [0.05, 0.1) is 0 Å². The average Bonchev–Trinajstić information content (AvgIpc) is 3.34. The molecule has 2 heterocycles. The predicted molar refractivity (Wildman–Crippen MR) is 107 cm³/mol. The Balaban J connectivity index is 0.000000237. The van der Waals surface area contributed by atoms with Crippen molar-refractivity contribution in [2.45, 2.75) is 25.7 Å². The van der Waals surface area contributed by atoms with E-state index in [9.17, 15) is 40.7 Å². The van der Waals surface area contributed by atoms with E-state index in [4.69, 9.17) is 5.11 Å². The molecule has 2 aromatic carbocycles. The van der Waals surface area contributed by atoms with Gasteiger partial charge in [-0.1, -0.05) is 7.43 Å². The van der Waals surface area contributed by atoms with Crippen LogP contribution in [0.3, 0.4) is 0 Å². The topological polar surface area (TPSA) is 95.5 Å². The zero-order valence-corrected chi connectivity index (χ0v) is 16.6. The molecule has 3 atom stereocenters. The second kappa shape index (κ2) is 10.6. The van der Waals surface area contributed by atoms with Crippen LogP contribution < -0.4 is 10.6 Å². The van der Waals surface area contributed by atoms with Gasteiger partial charge in [0.2, 0.25) is 11.8 Å². The van der Waals surface area contributed by atoms with Gasteiger partial charge in [0.25, 0.3) is 0 Å². The number of benzene rings is 2. The molecule has 34 heavy (non-hydrogen) atoms. The summed E-state index contributed by atoms with van der Waals surface area (Å²) in [6.45, 7) is -0.0940. The molecule has 2 aromatic rings. The van der Waals surface area contributed by atoms with Gasteiger partial charge in [-0.15, -0.1) is 0 Å². The Morgan fingerprint density at radius 1 is 0.794 bits per heavy atom. The fraction of sp³-hybridized carbons (Fsp3) is 0.318. The highest BCUT2D eigenvalue weighted by atomic mass is 19.2. The predicted octanol–water partition coefficient (Wildman–Crippen LogP) is 3.36. The molecular formula is C22H20F6N2O4. The first kappa shape index (κ1) is 26.7. The second-order valence-corrected chi connectivity index (χ2v) is 7.39. The number of hydrogen-bond donors (Lipinski definition) is 3. The number of aliphatic carboxylic acids is 1. The second-order valence-electron chi connectivity index (χ2n) is 7.39. The van der Waals surface area contributed by atoms with E-state index in [1.54, 1.807) is 0 Å². The molecule has 2 saturated heterocycles. The van der Waals surface area contributed by atoms with Crippen LogP contribution in [-0.4, -0.2) is 36.0 Å². The van der Waals surface area contributed by atoms with Crippen molar-refractivity contribution in [2.75, 3.05) is 13.1 Å². The van der Waals surface area contributed by atoms with Gasteiger partial charge in [-0.3, -0.25) is 14.4 Å². The van der Waals surface area contributed by atoms with Gasteiger partial charge >= 0.3 is 5.97 Å². The minimum absolute atomic E-state index is 0. The van der Waals surface area contributed by atoms with Crippen molar-refractivity contribution < 1.29 is 45.8 Å². The first-order chi connectivity index (χ1) is 15.5. The van der Waals surface area contributed by atoms with Crippen molar-refractivity contribution in [1.82, 2.24) is 10.6 Å². The van der Waals surface area contributed by atoms with Gasteiger partial charge in [-0.25, -0.2) is 26.3 Å². The van der Waals surface area contributed by atoms with Crippen molar-refractivity contribution in [2.24, 2.45) is 5.92 Å². The number of carboxylic acids is 1. The monoisotopic (exact) mass is 490 g/mol. The van der Waals surface area contributed by atoms with Crippen LogP contribution in [0.1, 0.15) is 36.8 Å². The Bertz CT molecular complexity index is 1130.